The predicted molar refractivity (Wildman–Crippen MR) is 221 cm³/mol. The van der Waals surface area contributed by atoms with Gasteiger partial charge < -0.3 is 14.0 Å². The SMILES string of the molecule is CCn1c(-c2[c-]ccc3c2oc2nc(C(C)C(C)(C)C)ccc23)nc2ccc3ccc(C)cc3c21.[2H]C([2H])([2H])c1cc(-c2[c-]cc(F)cc2)ncc1[Si](C)(C)C.[Ir]. The summed E-state index contributed by atoms with van der Waals surface area (Å²) in [4.78, 5) is 14.4. The maximum Gasteiger partial charge on any atom is 0.216 e. The van der Waals surface area contributed by atoms with Gasteiger partial charge in [0.25, 0.3) is 0 Å². The van der Waals surface area contributed by atoms with Crippen molar-refractivity contribution in [3.63, 3.8) is 0 Å². The zero-order valence-electron chi connectivity index (χ0n) is 35.3. The molecule has 0 aliphatic heterocycles. The molecule has 8 heteroatoms. The number of fused-ring (bicyclic) bond motifs is 6. The summed E-state index contributed by atoms with van der Waals surface area (Å²) in [7, 11) is -1.81. The molecule has 0 fully saturated rings. The fraction of sp³-hybridized carbons (Fsp3) is 0.283. The zero-order valence-corrected chi connectivity index (χ0v) is 35.7. The van der Waals surface area contributed by atoms with E-state index >= 15 is 0 Å². The van der Waals surface area contributed by atoms with Gasteiger partial charge in [0.15, 0.2) is 0 Å². The van der Waals surface area contributed by atoms with Crippen molar-refractivity contribution in [2.75, 3.05) is 0 Å². The van der Waals surface area contributed by atoms with Crippen molar-refractivity contribution in [3.8, 4) is 22.6 Å². The Balaban J connectivity index is 0.000000215. The Kier molecular flexibility index (Phi) is 9.77. The van der Waals surface area contributed by atoms with Crippen LogP contribution in [-0.4, -0.2) is 27.6 Å². The summed E-state index contributed by atoms with van der Waals surface area (Å²) in [5.41, 5.74) is 8.34. The van der Waals surface area contributed by atoms with Crippen LogP contribution in [0.25, 0.3) is 66.5 Å². The third-order valence-electron chi connectivity index (χ3n) is 10.2. The molecule has 8 rings (SSSR count). The Bertz CT molecular complexity index is 2750. The van der Waals surface area contributed by atoms with Crippen LogP contribution in [0.4, 0.5) is 4.39 Å². The quantitative estimate of drug-likeness (QED) is 0.127. The first-order chi connectivity index (χ1) is 26.3. The second-order valence-corrected chi connectivity index (χ2v) is 21.0. The third kappa shape index (κ3) is 7.44. The summed E-state index contributed by atoms with van der Waals surface area (Å²) in [6, 6.07) is 31.1. The number of halogens is 1. The summed E-state index contributed by atoms with van der Waals surface area (Å²) in [5.74, 6) is 0.810. The van der Waals surface area contributed by atoms with Crippen molar-refractivity contribution in [2.24, 2.45) is 5.41 Å². The summed E-state index contributed by atoms with van der Waals surface area (Å²) in [5, 5.41) is 5.35. The molecule has 0 aliphatic carbocycles. The van der Waals surface area contributed by atoms with E-state index in [0.29, 0.717) is 28.5 Å². The molecular formula is C46H47FIrN4OSi-2. The van der Waals surface area contributed by atoms with Gasteiger partial charge in [0.2, 0.25) is 5.71 Å². The topological polar surface area (TPSA) is 56.7 Å². The van der Waals surface area contributed by atoms with Crippen LogP contribution in [0, 0.1) is 37.1 Å². The molecule has 4 heterocycles. The van der Waals surface area contributed by atoms with Crippen LogP contribution in [0.15, 0.2) is 89.5 Å². The van der Waals surface area contributed by atoms with Crippen molar-refractivity contribution in [1.29, 1.82) is 0 Å². The minimum Gasteiger partial charge on any atom is -0.486 e. The molecule has 0 bridgehead atoms. The van der Waals surface area contributed by atoms with Gasteiger partial charge in [-0.25, -0.2) is 4.98 Å². The van der Waals surface area contributed by atoms with Crippen LogP contribution in [0.3, 0.4) is 0 Å². The number of furan rings is 1. The van der Waals surface area contributed by atoms with Gasteiger partial charge in [0.1, 0.15) is 0 Å². The summed E-state index contributed by atoms with van der Waals surface area (Å²) in [6.45, 7) is 18.1. The molecule has 4 aromatic carbocycles. The van der Waals surface area contributed by atoms with Crippen molar-refractivity contribution < 1.29 is 33.0 Å². The molecule has 0 N–H and O–H groups in total. The first-order valence-electron chi connectivity index (χ1n) is 19.7. The van der Waals surface area contributed by atoms with E-state index in [9.17, 15) is 4.39 Å². The molecule has 1 radical (unpaired) electrons. The van der Waals surface area contributed by atoms with Gasteiger partial charge in [-0.2, -0.15) is 0 Å². The molecule has 5 nitrogen and oxygen atoms in total. The molecule has 54 heavy (non-hydrogen) atoms. The normalized spacial score (nSPS) is 13.6. The maximum absolute atomic E-state index is 13.0. The molecule has 0 spiro atoms. The Labute approximate surface area is 336 Å². The van der Waals surface area contributed by atoms with E-state index in [1.54, 1.807) is 18.3 Å². The fourth-order valence-corrected chi connectivity index (χ4v) is 8.14. The number of nitrogens with zero attached hydrogens (tertiary/aromatic N) is 4. The number of hydrogen-bond donors (Lipinski definition) is 0. The van der Waals surface area contributed by atoms with E-state index in [1.165, 1.54) is 28.5 Å². The molecular weight excluding hydrogens is 864 g/mol. The summed E-state index contributed by atoms with van der Waals surface area (Å²) >= 11 is 0. The Hall–Kier alpha value is -4.49. The van der Waals surface area contributed by atoms with Crippen molar-refractivity contribution in [3.05, 3.63) is 120 Å². The Morgan fingerprint density at radius 2 is 1.72 bits per heavy atom. The third-order valence-corrected chi connectivity index (χ3v) is 12.3. The first kappa shape index (κ1) is 35.2. The van der Waals surface area contributed by atoms with Gasteiger partial charge in [-0.15, -0.1) is 48.0 Å². The standard InChI is InChI=1S/C31H30N3O.C15H17FNSi.Ir/c1-7-34-27-24-17-18(2)11-12-20(24)13-15-26(27)32-29(34)23-10-8-9-21-22-14-16-25(19(3)31(4,5)6)33-30(22)35-28(21)23;1-11-9-14(12-5-7-13(16)8-6-12)17-10-15(11)18(2,3)4;/h8-9,11-17,19H,7H2,1-6H3;5,7-10H,1-4H3;/q2*-1;/i;1D3;. The predicted octanol–water partition coefficient (Wildman–Crippen LogP) is 12.0. The Morgan fingerprint density at radius 3 is 2.41 bits per heavy atom. The van der Waals surface area contributed by atoms with Crippen LogP contribution >= 0.6 is 0 Å². The van der Waals surface area contributed by atoms with Gasteiger partial charge in [-0.1, -0.05) is 93.7 Å². The molecule has 4 aromatic heterocycles. The van der Waals surface area contributed by atoms with Crippen molar-refractivity contribution in [2.45, 2.75) is 80.5 Å². The zero-order chi connectivity index (χ0) is 40.3. The maximum atomic E-state index is 13.0. The van der Waals surface area contributed by atoms with E-state index in [0.717, 1.165) is 56.2 Å². The fourth-order valence-electron chi connectivity index (χ4n) is 6.81. The van der Waals surface area contributed by atoms with Crippen LogP contribution < -0.4 is 5.19 Å². The van der Waals surface area contributed by atoms with E-state index in [1.807, 2.05) is 6.07 Å². The smallest absolute Gasteiger partial charge is 0.216 e. The van der Waals surface area contributed by atoms with Gasteiger partial charge in [-0.05, 0) is 66.6 Å². The number of rotatable bonds is 5. The van der Waals surface area contributed by atoms with Gasteiger partial charge >= 0.3 is 0 Å². The van der Waals surface area contributed by atoms with Gasteiger partial charge in [0, 0.05) is 65.2 Å². The number of aryl methyl sites for hydroxylation is 3. The molecule has 1 atom stereocenters. The van der Waals surface area contributed by atoms with E-state index in [2.05, 4.69) is 131 Å². The average Bonchev–Trinajstić information content (AvgIpc) is 3.72. The molecule has 0 amide bonds. The van der Waals surface area contributed by atoms with E-state index in [-0.39, 0.29) is 31.3 Å². The average molecular weight is 914 g/mol. The molecule has 8 aromatic rings. The molecule has 0 aliphatic rings. The number of imidazole rings is 1. The van der Waals surface area contributed by atoms with Gasteiger partial charge in [0.05, 0.1) is 30.5 Å². The van der Waals surface area contributed by atoms with Crippen molar-refractivity contribution >= 4 is 57.1 Å². The number of hydrogen-bond acceptors (Lipinski definition) is 4. The van der Waals surface area contributed by atoms with Crippen LogP contribution in [0.2, 0.25) is 19.6 Å². The second kappa shape index (κ2) is 15.0. The number of pyridine rings is 2. The number of benzene rings is 4. The molecule has 0 saturated heterocycles. The minimum atomic E-state index is -2.19. The monoisotopic (exact) mass is 914 g/mol. The summed E-state index contributed by atoms with van der Waals surface area (Å²) in [6.07, 6.45) is 1.65. The summed E-state index contributed by atoms with van der Waals surface area (Å²) < 4.78 is 44.9. The minimum absolute atomic E-state index is 0. The molecule has 279 valence electrons. The number of aromatic nitrogens is 4. The van der Waals surface area contributed by atoms with Crippen LogP contribution in [0.5, 0.6) is 0 Å². The largest absolute Gasteiger partial charge is 0.486 e. The second-order valence-electron chi connectivity index (χ2n) is 16.0. The van der Waals surface area contributed by atoms with Crippen molar-refractivity contribution in [1.82, 2.24) is 19.5 Å². The van der Waals surface area contributed by atoms with E-state index in [4.69, 9.17) is 18.5 Å². The molecule has 1 unspecified atom stereocenters. The Morgan fingerprint density at radius 1 is 0.944 bits per heavy atom. The first-order valence-corrected chi connectivity index (χ1v) is 21.7. The van der Waals surface area contributed by atoms with Gasteiger partial charge in [-0.3, -0.25) is 9.37 Å². The van der Waals surface area contributed by atoms with Crippen LogP contribution in [-0.2, 0) is 26.7 Å². The van der Waals surface area contributed by atoms with E-state index < -0.39 is 14.9 Å². The molecule has 0 saturated carbocycles. The van der Waals surface area contributed by atoms with Crippen LogP contribution in [0.1, 0.15) is 61.5 Å².